The molecule has 1 heterocycles. The minimum absolute atomic E-state index is 0.258. The van der Waals surface area contributed by atoms with Crippen LogP contribution in [0.25, 0.3) is 0 Å². The van der Waals surface area contributed by atoms with Gasteiger partial charge >= 0.3 is 0 Å². The van der Waals surface area contributed by atoms with Crippen LogP contribution in [0, 0.1) is 0 Å². The van der Waals surface area contributed by atoms with E-state index >= 15 is 0 Å². The van der Waals surface area contributed by atoms with Gasteiger partial charge in [0.15, 0.2) is 5.96 Å². The van der Waals surface area contributed by atoms with E-state index in [4.69, 9.17) is 4.74 Å². The van der Waals surface area contributed by atoms with Crippen molar-refractivity contribution in [2.45, 2.75) is 50.9 Å². The maximum absolute atomic E-state index is 9.98. The summed E-state index contributed by atoms with van der Waals surface area (Å²) in [5.41, 5.74) is 0.789. The lowest BCUT2D eigenvalue weighted by Crippen LogP contribution is -2.44. The smallest absolute Gasteiger partial charge is 0.191 e. The second kappa shape index (κ2) is 7.30. The number of likely N-dealkylation sites (tertiary alicyclic amines) is 1. The summed E-state index contributed by atoms with van der Waals surface area (Å²) >= 11 is 0. The molecule has 2 atom stereocenters. The van der Waals surface area contributed by atoms with Crippen molar-refractivity contribution in [2.24, 2.45) is 4.99 Å². The molecule has 2 unspecified atom stereocenters. The van der Waals surface area contributed by atoms with Crippen molar-refractivity contribution < 1.29 is 9.84 Å². The van der Waals surface area contributed by atoms with Gasteiger partial charge in [0.25, 0.3) is 0 Å². The number of hydrogen-bond acceptors (Lipinski definition) is 4. The quantitative estimate of drug-likeness (QED) is 0.565. The molecule has 3 N–H and O–H groups in total. The van der Waals surface area contributed by atoms with E-state index in [-0.39, 0.29) is 5.75 Å². The number of phenolic OH excluding ortho intramolecular Hbond substituents is 1. The number of nitrogens with one attached hydrogen (secondary N) is 2. The third-order valence-electron chi connectivity index (χ3n) is 4.94. The lowest BCUT2D eigenvalue weighted by molar-refractivity contribution is 0.256. The summed E-state index contributed by atoms with van der Waals surface area (Å²) in [7, 11) is 3.40. The Balaban J connectivity index is 1.54. The predicted octanol–water partition coefficient (Wildman–Crippen LogP) is 1.69. The van der Waals surface area contributed by atoms with Crippen molar-refractivity contribution >= 4 is 5.96 Å². The van der Waals surface area contributed by atoms with Crippen LogP contribution in [0.2, 0.25) is 0 Å². The molecule has 0 radical (unpaired) electrons. The Bertz CT molecular complexity index is 601. The standard InChI is InChI=1S/C18H28N4O2/c1-12-8-14(11-22(12)15-4-5-15)21-18(19-2)20-10-13-9-16(24-3)6-7-17(13)23/h6-7,9,12,14-15,23H,4-5,8,10-11H2,1-3H3,(H2,19,20,21). The number of aliphatic imine (C=N–C) groups is 1. The highest BCUT2D eigenvalue weighted by molar-refractivity contribution is 5.80. The first-order valence-corrected chi connectivity index (χ1v) is 8.69. The van der Waals surface area contributed by atoms with Gasteiger partial charge in [-0.05, 0) is 44.4 Å². The van der Waals surface area contributed by atoms with Crippen LogP contribution < -0.4 is 15.4 Å². The predicted molar refractivity (Wildman–Crippen MR) is 95.6 cm³/mol. The number of hydrogen-bond donors (Lipinski definition) is 3. The summed E-state index contributed by atoms with van der Waals surface area (Å²) in [5.74, 6) is 1.76. The van der Waals surface area contributed by atoms with Crippen molar-refractivity contribution in [1.82, 2.24) is 15.5 Å². The van der Waals surface area contributed by atoms with Crippen molar-refractivity contribution in [3.63, 3.8) is 0 Å². The van der Waals surface area contributed by atoms with E-state index in [0.717, 1.165) is 36.3 Å². The van der Waals surface area contributed by atoms with E-state index < -0.39 is 0 Å². The van der Waals surface area contributed by atoms with Gasteiger partial charge in [0, 0.05) is 43.8 Å². The molecule has 132 valence electrons. The highest BCUT2D eigenvalue weighted by atomic mass is 16.5. The number of guanidine groups is 1. The molecule has 1 aliphatic carbocycles. The number of benzene rings is 1. The van der Waals surface area contributed by atoms with E-state index in [1.165, 1.54) is 12.8 Å². The summed E-state index contributed by atoms with van der Waals surface area (Å²) in [6.07, 6.45) is 3.83. The van der Waals surface area contributed by atoms with Gasteiger partial charge in [-0.3, -0.25) is 9.89 Å². The van der Waals surface area contributed by atoms with Gasteiger partial charge in [-0.15, -0.1) is 0 Å². The topological polar surface area (TPSA) is 69.1 Å². The second-order valence-corrected chi connectivity index (χ2v) is 6.77. The molecule has 24 heavy (non-hydrogen) atoms. The van der Waals surface area contributed by atoms with E-state index in [1.807, 2.05) is 6.07 Å². The second-order valence-electron chi connectivity index (χ2n) is 6.77. The molecule has 1 saturated carbocycles. The molecule has 1 aliphatic heterocycles. The molecule has 0 aromatic heterocycles. The zero-order valence-electron chi connectivity index (χ0n) is 14.7. The maximum Gasteiger partial charge on any atom is 0.191 e. The number of rotatable bonds is 5. The van der Waals surface area contributed by atoms with Crippen LogP contribution in [0.3, 0.4) is 0 Å². The van der Waals surface area contributed by atoms with Crippen molar-refractivity contribution in [3.8, 4) is 11.5 Å². The van der Waals surface area contributed by atoms with Gasteiger partial charge in [-0.25, -0.2) is 0 Å². The van der Waals surface area contributed by atoms with Crippen LogP contribution in [-0.2, 0) is 6.54 Å². The molecule has 6 nitrogen and oxygen atoms in total. The third kappa shape index (κ3) is 3.93. The van der Waals surface area contributed by atoms with E-state index in [0.29, 0.717) is 18.6 Å². The Morgan fingerprint density at radius 2 is 2.21 bits per heavy atom. The Kier molecular flexibility index (Phi) is 5.14. The lowest BCUT2D eigenvalue weighted by atomic mass is 10.2. The summed E-state index contributed by atoms with van der Waals surface area (Å²) in [6, 6.07) is 7.09. The molecule has 0 amide bonds. The van der Waals surface area contributed by atoms with Gasteiger partial charge in [-0.1, -0.05) is 0 Å². The number of phenols is 1. The first-order chi connectivity index (χ1) is 11.6. The first-order valence-electron chi connectivity index (χ1n) is 8.69. The van der Waals surface area contributed by atoms with Gasteiger partial charge in [0.1, 0.15) is 11.5 Å². The highest BCUT2D eigenvalue weighted by Gasteiger charge is 2.38. The van der Waals surface area contributed by atoms with Crippen molar-refractivity contribution in [2.75, 3.05) is 20.7 Å². The van der Waals surface area contributed by atoms with Crippen LogP contribution in [0.15, 0.2) is 23.2 Å². The van der Waals surface area contributed by atoms with Crippen LogP contribution in [0.4, 0.5) is 0 Å². The number of ether oxygens (including phenoxy) is 1. The molecule has 0 bridgehead atoms. The highest BCUT2D eigenvalue weighted by Crippen LogP contribution is 2.33. The number of nitrogens with zero attached hydrogens (tertiary/aromatic N) is 2. The summed E-state index contributed by atoms with van der Waals surface area (Å²) < 4.78 is 5.21. The molecule has 6 heteroatoms. The molecule has 3 rings (SSSR count). The maximum atomic E-state index is 9.98. The fourth-order valence-corrected chi connectivity index (χ4v) is 3.47. The van der Waals surface area contributed by atoms with E-state index in [2.05, 4.69) is 27.4 Å². The SMILES string of the molecule is CN=C(NCc1cc(OC)ccc1O)NC1CC(C)N(C2CC2)C1. The molecular weight excluding hydrogens is 304 g/mol. The van der Waals surface area contributed by atoms with Crippen molar-refractivity contribution in [3.05, 3.63) is 23.8 Å². The molecule has 1 aromatic rings. The molecular formula is C18H28N4O2. The van der Waals surface area contributed by atoms with Crippen LogP contribution in [0.5, 0.6) is 11.5 Å². The Morgan fingerprint density at radius 3 is 2.88 bits per heavy atom. The fraction of sp³-hybridized carbons (Fsp3) is 0.611. The average Bonchev–Trinajstić information content (AvgIpc) is 3.36. The Morgan fingerprint density at radius 1 is 1.42 bits per heavy atom. The van der Waals surface area contributed by atoms with E-state index in [9.17, 15) is 5.11 Å². The monoisotopic (exact) mass is 332 g/mol. The summed E-state index contributed by atoms with van der Waals surface area (Å²) in [4.78, 5) is 6.92. The largest absolute Gasteiger partial charge is 0.508 e. The zero-order valence-corrected chi connectivity index (χ0v) is 14.7. The average molecular weight is 332 g/mol. The van der Waals surface area contributed by atoms with Crippen LogP contribution in [-0.4, -0.2) is 54.8 Å². The third-order valence-corrected chi connectivity index (χ3v) is 4.94. The normalized spacial score (nSPS) is 24.9. The Labute approximate surface area is 143 Å². The zero-order chi connectivity index (χ0) is 17.1. The van der Waals surface area contributed by atoms with Gasteiger partial charge in [0.2, 0.25) is 0 Å². The van der Waals surface area contributed by atoms with Crippen LogP contribution in [0.1, 0.15) is 31.7 Å². The van der Waals surface area contributed by atoms with Gasteiger partial charge in [0.05, 0.1) is 7.11 Å². The number of aromatic hydroxyl groups is 1. The minimum atomic E-state index is 0.258. The summed E-state index contributed by atoms with van der Waals surface area (Å²) in [6.45, 7) is 3.89. The first kappa shape index (κ1) is 16.9. The molecule has 0 spiro atoms. The molecule has 2 aliphatic rings. The number of methoxy groups -OCH3 is 1. The van der Waals surface area contributed by atoms with Gasteiger partial charge < -0.3 is 20.5 Å². The Hall–Kier alpha value is -1.95. The van der Waals surface area contributed by atoms with Gasteiger partial charge in [-0.2, -0.15) is 0 Å². The lowest BCUT2D eigenvalue weighted by Gasteiger charge is -2.20. The van der Waals surface area contributed by atoms with E-state index in [1.54, 1.807) is 26.3 Å². The summed E-state index contributed by atoms with van der Waals surface area (Å²) in [5, 5.41) is 16.8. The fourth-order valence-electron chi connectivity index (χ4n) is 3.47. The molecule has 1 aromatic carbocycles. The van der Waals surface area contributed by atoms with Crippen molar-refractivity contribution in [1.29, 1.82) is 0 Å². The van der Waals surface area contributed by atoms with Crippen LogP contribution >= 0.6 is 0 Å². The molecule has 1 saturated heterocycles. The molecule has 2 fully saturated rings. The minimum Gasteiger partial charge on any atom is -0.508 e.